The number of benzene rings is 1. The maximum atomic E-state index is 5.32. The van der Waals surface area contributed by atoms with Crippen molar-refractivity contribution in [2.75, 3.05) is 26.1 Å². The normalized spacial score (nSPS) is 10.7. The maximum Gasteiger partial charge on any atom is 0.170 e. The van der Waals surface area contributed by atoms with Crippen LogP contribution in [0.3, 0.4) is 0 Å². The predicted octanol–water partition coefficient (Wildman–Crippen LogP) is 2.91. The second kappa shape index (κ2) is 6.00. The number of ether oxygens (including phenoxy) is 1. The smallest absolute Gasteiger partial charge is 0.170 e. The van der Waals surface area contributed by atoms with E-state index in [-0.39, 0.29) is 0 Å². The fourth-order valence-corrected chi connectivity index (χ4v) is 1.67. The molecule has 0 bridgehead atoms. The summed E-state index contributed by atoms with van der Waals surface area (Å²) < 4.78 is 5.32. The van der Waals surface area contributed by atoms with Crippen LogP contribution in [0.5, 0.6) is 5.75 Å². The zero-order valence-electron chi connectivity index (χ0n) is 11.4. The molecule has 2 aromatic rings. The highest BCUT2D eigenvalue weighted by Crippen LogP contribution is 2.28. The third-order valence-electron chi connectivity index (χ3n) is 2.62. The zero-order chi connectivity index (χ0) is 13.7. The van der Waals surface area contributed by atoms with E-state index in [1.807, 2.05) is 61.6 Å². The molecule has 0 aliphatic rings. The van der Waals surface area contributed by atoms with Crippen molar-refractivity contribution >= 4 is 17.7 Å². The summed E-state index contributed by atoms with van der Waals surface area (Å²) in [5.74, 6) is 1.51. The molecule has 4 heteroatoms. The first-order valence-electron chi connectivity index (χ1n) is 6.01. The summed E-state index contributed by atoms with van der Waals surface area (Å²) in [4.78, 5) is 10.7. The van der Waals surface area contributed by atoms with E-state index in [0.29, 0.717) is 5.75 Å². The molecule has 1 aromatic heterocycles. The highest BCUT2D eigenvalue weighted by molar-refractivity contribution is 5.82. The highest BCUT2D eigenvalue weighted by atomic mass is 16.5. The molecule has 98 valence electrons. The van der Waals surface area contributed by atoms with Crippen molar-refractivity contribution in [3.05, 3.63) is 48.2 Å². The number of methoxy groups -OCH3 is 1. The maximum absolute atomic E-state index is 5.32. The van der Waals surface area contributed by atoms with E-state index in [4.69, 9.17) is 4.74 Å². The molecule has 0 N–H and O–H groups in total. The Hall–Kier alpha value is -2.36. The van der Waals surface area contributed by atoms with Gasteiger partial charge in [0.15, 0.2) is 11.6 Å². The van der Waals surface area contributed by atoms with Gasteiger partial charge in [0.2, 0.25) is 0 Å². The van der Waals surface area contributed by atoms with E-state index in [1.54, 1.807) is 13.3 Å². The lowest BCUT2D eigenvalue weighted by molar-refractivity contribution is 0.414. The van der Waals surface area contributed by atoms with Crippen LogP contribution in [0, 0.1) is 0 Å². The summed E-state index contributed by atoms with van der Waals surface area (Å²) in [6.07, 6.45) is 3.54. The number of pyridine rings is 1. The number of rotatable bonds is 4. The Morgan fingerprint density at radius 1 is 1.21 bits per heavy atom. The van der Waals surface area contributed by atoms with Gasteiger partial charge in [-0.3, -0.25) is 4.99 Å². The van der Waals surface area contributed by atoms with Crippen LogP contribution in [0.25, 0.3) is 0 Å². The van der Waals surface area contributed by atoms with Gasteiger partial charge in [0, 0.05) is 26.4 Å². The second-order valence-electron chi connectivity index (χ2n) is 4.28. The van der Waals surface area contributed by atoms with Crippen LogP contribution in [0.2, 0.25) is 0 Å². The van der Waals surface area contributed by atoms with Crippen molar-refractivity contribution in [1.82, 2.24) is 4.98 Å². The van der Waals surface area contributed by atoms with Gasteiger partial charge >= 0.3 is 0 Å². The van der Waals surface area contributed by atoms with Crippen LogP contribution in [0.1, 0.15) is 5.56 Å². The van der Waals surface area contributed by atoms with Crippen molar-refractivity contribution in [2.24, 2.45) is 4.99 Å². The number of aromatic nitrogens is 1. The minimum absolute atomic E-state index is 0.715. The fraction of sp³-hybridized carbons (Fsp3) is 0.200. The predicted molar refractivity (Wildman–Crippen MR) is 78.8 cm³/mol. The molecule has 0 amide bonds. The largest absolute Gasteiger partial charge is 0.493 e. The molecular weight excluding hydrogens is 238 g/mol. The van der Waals surface area contributed by atoms with Gasteiger partial charge in [-0.25, -0.2) is 4.98 Å². The number of hydrogen-bond donors (Lipinski definition) is 0. The van der Waals surface area contributed by atoms with Crippen LogP contribution < -0.4 is 9.64 Å². The molecule has 19 heavy (non-hydrogen) atoms. The zero-order valence-corrected chi connectivity index (χ0v) is 11.4. The quantitative estimate of drug-likeness (QED) is 0.788. The summed E-state index contributed by atoms with van der Waals surface area (Å²) in [6.45, 7) is 0. The Kier molecular flexibility index (Phi) is 4.13. The molecule has 0 saturated carbocycles. The van der Waals surface area contributed by atoms with Crippen molar-refractivity contribution in [3.63, 3.8) is 0 Å². The van der Waals surface area contributed by atoms with Gasteiger partial charge in [0.05, 0.1) is 19.0 Å². The molecule has 1 heterocycles. The summed E-state index contributed by atoms with van der Waals surface area (Å²) in [6, 6.07) is 11.8. The molecule has 0 aliphatic carbocycles. The first kappa shape index (κ1) is 13.1. The standard InChI is InChI=1S/C15H17N3O/c1-18(2)15-14(19-3)9-13(11-17-15)16-10-12-7-5-4-6-8-12/h4-11H,1-3H3/b16-10-. The van der Waals surface area contributed by atoms with Crippen LogP contribution >= 0.6 is 0 Å². The summed E-state index contributed by atoms with van der Waals surface area (Å²) in [7, 11) is 5.49. The monoisotopic (exact) mass is 255 g/mol. The molecule has 0 atom stereocenters. The minimum atomic E-state index is 0.715. The van der Waals surface area contributed by atoms with Crippen molar-refractivity contribution < 1.29 is 4.74 Å². The van der Waals surface area contributed by atoms with Crippen LogP contribution in [0.15, 0.2) is 47.6 Å². The third-order valence-corrected chi connectivity index (χ3v) is 2.62. The first-order valence-corrected chi connectivity index (χ1v) is 6.01. The molecule has 4 nitrogen and oxygen atoms in total. The lowest BCUT2D eigenvalue weighted by Crippen LogP contribution is -2.11. The summed E-state index contributed by atoms with van der Waals surface area (Å²) in [5, 5.41) is 0. The van der Waals surface area contributed by atoms with Gasteiger partial charge in [-0.15, -0.1) is 0 Å². The number of anilines is 1. The Labute approximate surface area is 113 Å². The molecule has 0 fully saturated rings. The fourth-order valence-electron chi connectivity index (χ4n) is 1.67. The molecule has 0 saturated heterocycles. The van der Waals surface area contributed by atoms with E-state index in [2.05, 4.69) is 9.98 Å². The van der Waals surface area contributed by atoms with Crippen molar-refractivity contribution in [1.29, 1.82) is 0 Å². The number of aliphatic imine (C=N–C) groups is 1. The number of hydrogen-bond acceptors (Lipinski definition) is 4. The molecule has 1 aromatic carbocycles. The van der Waals surface area contributed by atoms with Gasteiger partial charge in [-0.05, 0) is 5.56 Å². The van der Waals surface area contributed by atoms with E-state index in [9.17, 15) is 0 Å². The van der Waals surface area contributed by atoms with Crippen LogP contribution in [-0.2, 0) is 0 Å². The molecule has 2 rings (SSSR count). The van der Waals surface area contributed by atoms with E-state index in [1.165, 1.54) is 0 Å². The SMILES string of the molecule is COc1cc(/N=C\c2ccccc2)cnc1N(C)C. The number of nitrogens with zero attached hydrogens (tertiary/aromatic N) is 3. The van der Waals surface area contributed by atoms with Gasteiger partial charge in [0.25, 0.3) is 0 Å². The van der Waals surface area contributed by atoms with Gasteiger partial charge in [0.1, 0.15) is 0 Å². The van der Waals surface area contributed by atoms with E-state index >= 15 is 0 Å². The lowest BCUT2D eigenvalue weighted by atomic mass is 10.2. The highest BCUT2D eigenvalue weighted by Gasteiger charge is 2.07. The van der Waals surface area contributed by atoms with Crippen molar-refractivity contribution in [2.45, 2.75) is 0 Å². The average molecular weight is 255 g/mol. The van der Waals surface area contributed by atoms with Gasteiger partial charge in [-0.2, -0.15) is 0 Å². The lowest BCUT2D eigenvalue weighted by Gasteiger charge is -2.14. The minimum Gasteiger partial charge on any atom is -0.493 e. The first-order chi connectivity index (χ1) is 9.20. The molecule has 0 spiro atoms. The molecule has 0 aliphatic heterocycles. The average Bonchev–Trinajstić information content (AvgIpc) is 2.45. The Balaban J connectivity index is 2.25. The second-order valence-corrected chi connectivity index (χ2v) is 4.28. The van der Waals surface area contributed by atoms with Gasteiger partial charge < -0.3 is 9.64 Å². The van der Waals surface area contributed by atoms with Crippen molar-refractivity contribution in [3.8, 4) is 5.75 Å². The van der Waals surface area contributed by atoms with E-state index in [0.717, 1.165) is 17.1 Å². The van der Waals surface area contributed by atoms with Gasteiger partial charge in [-0.1, -0.05) is 30.3 Å². The molecule has 0 unspecified atom stereocenters. The van der Waals surface area contributed by atoms with Crippen LogP contribution in [0.4, 0.5) is 11.5 Å². The Morgan fingerprint density at radius 3 is 2.58 bits per heavy atom. The molecular formula is C15H17N3O. The third kappa shape index (κ3) is 3.31. The molecule has 0 radical (unpaired) electrons. The summed E-state index contributed by atoms with van der Waals surface area (Å²) in [5.41, 5.74) is 1.82. The van der Waals surface area contributed by atoms with E-state index < -0.39 is 0 Å². The van der Waals surface area contributed by atoms with Crippen LogP contribution in [-0.4, -0.2) is 32.4 Å². The topological polar surface area (TPSA) is 37.7 Å². The summed E-state index contributed by atoms with van der Waals surface area (Å²) >= 11 is 0. The Morgan fingerprint density at radius 2 is 1.95 bits per heavy atom. The Bertz CT molecular complexity index is 565.